The van der Waals surface area contributed by atoms with Gasteiger partial charge < -0.3 is 0 Å². The molecule has 0 fully saturated rings. The first-order chi connectivity index (χ1) is 9.20. The zero-order chi connectivity index (χ0) is 14.3. The molecule has 2 radical (unpaired) electrons. The maximum absolute atomic E-state index is 3.89. The van der Waals surface area contributed by atoms with Gasteiger partial charge in [-0.25, -0.2) is 0 Å². The molecular weight excluding hydrogens is 228 g/mol. The predicted octanol–water partition coefficient (Wildman–Crippen LogP) is 6.22. The van der Waals surface area contributed by atoms with Crippen LogP contribution in [-0.4, -0.2) is 0 Å². The van der Waals surface area contributed by atoms with Crippen molar-refractivity contribution >= 4 is 0 Å². The number of unbranched alkanes of at least 4 members (excludes halogenated alkanes) is 4. The highest BCUT2D eigenvalue weighted by molar-refractivity contribution is 4.99. The molecule has 0 aromatic rings. The van der Waals surface area contributed by atoms with Crippen LogP contribution in [0.25, 0.3) is 0 Å². The van der Waals surface area contributed by atoms with Crippen LogP contribution in [0.2, 0.25) is 0 Å². The molecule has 0 aromatic carbocycles. The van der Waals surface area contributed by atoms with E-state index in [0.717, 1.165) is 37.5 Å². The van der Waals surface area contributed by atoms with E-state index in [9.17, 15) is 0 Å². The Hall–Kier alpha value is -0.440. The second-order valence-corrected chi connectivity index (χ2v) is 6.01. The molecule has 0 amide bonds. The van der Waals surface area contributed by atoms with Crippen LogP contribution in [0.5, 0.6) is 0 Å². The van der Waals surface area contributed by atoms with E-state index in [4.69, 9.17) is 0 Å². The van der Waals surface area contributed by atoms with E-state index < -0.39 is 0 Å². The van der Waals surface area contributed by atoms with Crippen molar-refractivity contribution in [3.8, 4) is 11.8 Å². The van der Waals surface area contributed by atoms with Crippen molar-refractivity contribution in [3.05, 3.63) is 13.8 Å². The summed E-state index contributed by atoms with van der Waals surface area (Å²) in [6.45, 7) is 12.4. The molecule has 2 atom stereocenters. The van der Waals surface area contributed by atoms with Gasteiger partial charge in [-0.3, -0.25) is 0 Å². The molecule has 0 saturated heterocycles. The van der Waals surface area contributed by atoms with Gasteiger partial charge in [0.1, 0.15) is 0 Å². The summed E-state index contributed by atoms with van der Waals surface area (Å²) in [6.07, 6.45) is 13.4. The van der Waals surface area contributed by atoms with Gasteiger partial charge in [-0.05, 0) is 24.7 Å². The van der Waals surface area contributed by atoms with Gasteiger partial charge in [-0.1, -0.05) is 72.6 Å². The van der Waals surface area contributed by atoms with Gasteiger partial charge in [0, 0.05) is 12.8 Å². The highest BCUT2D eigenvalue weighted by Crippen LogP contribution is 2.14. The Kier molecular flexibility index (Phi) is 13.7. The summed E-state index contributed by atoms with van der Waals surface area (Å²) in [4.78, 5) is 0. The summed E-state index contributed by atoms with van der Waals surface area (Å²) in [6, 6.07) is 0. The summed E-state index contributed by atoms with van der Waals surface area (Å²) < 4.78 is 0. The average Bonchev–Trinajstić information content (AvgIpc) is 2.41. The Morgan fingerprint density at radius 3 is 2.11 bits per heavy atom. The fourth-order valence-electron chi connectivity index (χ4n) is 2.24. The molecule has 0 N–H and O–H groups in total. The third-order valence-electron chi connectivity index (χ3n) is 3.73. The molecule has 0 aliphatic carbocycles. The highest BCUT2D eigenvalue weighted by atomic mass is 14.1. The van der Waals surface area contributed by atoms with Gasteiger partial charge in [0.25, 0.3) is 0 Å². The van der Waals surface area contributed by atoms with Crippen LogP contribution in [0, 0.1) is 37.5 Å². The molecule has 0 spiro atoms. The first-order valence-corrected chi connectivity index (χ1v) is 8.24. The molecule has 0 heteroatoms. The van der Waals surface area contributed by atoms with Gasteiger partial charge in [-0.15, -0.1) is 11.8 Å². The van der Waals surface area contributed by atoms with Crippen molar-refractivity contribution in [2.75, 3.05) is 0 Å². The zero-order valence-electron chi connectivity index (χ0n) is 13.3. The lowest BCUT2D eigenvalue weighted by molar-refractivity contribution is 0.483. The number of hydrogen-bond donors (Lipinski definition) is 0. The van der Waals surface area contributed by atoms with Crippen LogP contribution >= 0.6 is 0 Å². The predicted molar refractivity (Wildman–Crippen MR) is 87.6 cm³/mol. The van der Waals surface area contributed by atoms with Crippen LogP contribution < -0.4 is 0 Å². The topological polar surface area (TPSA) is 0 Å². The van der Waals surface area contributed by atoms with Crippen LogP contribution in [0.3, 0.4) is 0 Å². The molecule has 19 heavy (non-hydrogen) atoms. The molecule has 0 aliphatic heterocycles. The Bertz CT molecular complexity index is 230. The zero-order valence-corrected chi connectivity index (χ0v) is 13.3. The third-order valence-corrected chi connectivity index (χ3v) is 3.73. The van der Waals surface area contributed by atoms with Crippen LogP contribution in [0.4, 0.5) is 0 Å². The van der Waals surface area contributed by atoms with Crippen molar-refractivity contribution in [1.29, 1.82) is 0 Å². The van der Waals surface area contributed by atoms with Gasteiger partial charge >= 0.3 is 0 Å². The minimum Gasteiger partial charge on any atom is -0.103 e. The fraction of sp³-hybridized carbons (Fsp3) is 0.789. The van der Waals surface area contributed by atoms with Crippen LogP contribution in [-0.2, 0) is 0 Å². The molecule has 0 nitrogen and oxygen atoms in total. The number of rotatable bonds is 11. The average molecular weight is 262 g/mol. The second-order valence-electron chi connectivity index (χ2n) is 6.01. The van der Waals surface area contributed by atoms with Crippen molar-refractivity contribution in [2.45, 2.75) is 84.5 Å². The molecular formula is C19H34. The molecule has 0 rings (SSSR count). The monoisotopic (exact) mass is 262 g/mol. The van der Waals surface area contributed by atoms with E-state index in [2.05, 4.69) is 39.5 Å². The SMILES string of the molecule is [CH2]CCCCCC(C)CC#CCCC(C)CCC[CH2]. The summed E-state index contributed by atoms with van der Waals surface area (Å²) in [7, 11) is 0. The molecule has 0 aliphatic rings. The van der Waals surface area contributed by atoms with Gasteiger partial charge in [0.15, 0.2) is 0 Å². The highest BCUT2D eigenvalue weighted by Gasteiger charge is 2.00. The lowest BCUT2D eigenvalue weighted by atomic mass is 9.98. The summed E-state index contributed by atoms with van der Waals surface area (Å²) >= 11 is 0. The van der Waals surface area contributed by atoms with Gasteiger partial charge in [0.05, 0.1) is 0 Å². The minimum absolute atomic E-state index is 0.765. The molecule has 0 aromatic heterocycles. The molecule has 0 bridgehead atoms. The maximum Gasteiger partial charge on any atom is 0.0114 e. The second kappa shape index (κ2) is 14.0. The minimum atomic E-state index is 0.765. The molecule has 110 valence electrons. The number of hydrogen-bond acceptors (Lipinski definition) is 0. The van der Waals surface area contributed by atoms with E-state index in [1.807, 2.05) is 0 Å². The van der Waals surface area contributed by atoms with Gasteiger partial charge in [0.2, 0.25) is 0 Å². The van der Waals surface area contributed by atoms with E-state index in [0.29, 0.717) is 0 Å². The van der Waals surface area contributed by atoms with E-state index >= 15 is 0 Å². The van der Waals surface area contributed by atoms with Crippen molar-refractivity contribution < 1.29 is 0 Å². The smallest absolute Gasteiger partial charge is 0.0114 e. The maximum atomic E-state index is 3.89. The van der Waals surface area contributed by atoms with Crippen molar-refractivity contribution in [1.82, 2.24) is 0 Å². The normalized spacial score (nSPS) is 13.7. The lowest BCUT2D eigenvalue weighted by Crippen LogP contribution is -1.94. The van der Waals surface area contributed by atoms with E-state index in [1.165, 1.54) is 44.9 Å². The fourth-order valence-corrected chi connectivity index (χ4v) is 2.24. The van der Waals surface area contributed by atoms with Gasteiger partial charge in [-0.2, -0.15) is 0 Å². The Balaban J connectivity index is 3.46. The summed E-state index contributed by atoms with van der Waals surface area (Å²) in [5.74, 6) is 8.29. The van der Waals surface area contributed by atoms with Crippen LogP contribution in [0.1, 0.15) is 84.5 Å². The first-order valence-electron chi connectivity index (χ1n) is 8.24. The van der Waals surface area contributed by atoms with Crippen molar-refractivity contribution in [2.24, 2.45) is 11.8 Å². The van der Waals surface area contributed by atoms with Crippen LogP contribution in [0.15, 0.2) is 0 Å². The Morgan fingerprint density at radius 1 is 0.737 bits per heavy atom. The molecule has 0 heterocycles. The standard InChI is InChI=1S/C19H34/c1-5-7-9-11-15-19(4)17-13-10-12-16-18(3)14-8-6-2/h18-19H,1-2,5-9,11-12,14-17H2,3-4H3. The van der Waals surface area contributed by atoms with E-state index in [1.54, 1.807) is 0 Å². The summed E-state index contributed by atoms with van der Waals surface area (Å²) in [5, 5.41) is 0. The van der Waals surface area contributed by atoms with E-state index in [-0.39, 0.29) is 0 Å². The Labute approximate surface area is 122 Å². The largest absolute Gasteiger partial charge is 0.103 e. The lowest BCUT2D eigenvalue weighted by Gasteiger charge is -2.08. The quantitative estimate of drug-likeness (QED) is 0.306. The van der Waals surface area contributed by atoms with Crippen molar-refractivity contribution in [3.63, 3.8) is 0 Å². The Morgan fingerprint density at radius 2 is 1.42 bits per heavy atom. The first kappa shape index (κ1) is 18.6. The third kappa shape index (κ3) is 13.8. The molecule has 0 saturated carbocycles. The molecule has 2 unspecified atom stereocenters. The summed E-state index contributed by atoms with van der Waals surface area (Å²) in [5.41, 5.74) is 0.